The predicted octanol–water partition coefficient (Wildman–Crippen LogP) is 4.03. The van der Waals surface area contributed by atoms with Gasteiger partial charge in [0.25, 0.3) is 0 Å². The van der Waals surface area contributed by atoms with Crippen molar-refractivity contribution in [3.8, 4) is 0 Å². The highest BCUT2D eigenvalue weighted by Gasteiger charge is 1.99. The molecule has 5 heteroatoms. The summed E-state index contributed by atoms with van der Waals surface area (Å²) in [7, 11) is 0. The maximum Gasteiger partial charge on any atom is 0.180 e. The number of halogens is 1. The monoisotopic (exact) mass is 300 g/mol. The summed E-state index contributed by atoms with van der Waals surface area (Å²) in [5.41, 5.74) is 6.46. The molecule has 2 N–H and O–H groups in total. The zero-order chi connectivity index (χ0) is 10.8. The van der Waals surface area contributed by atoms with E-state index < -0.39 is 0 Å². The molecule has 0 aliphatic heterocycles. The summed E-state index contributed by atoms with van der Waals surface area (Å²) >= 11 is 6.70. The van der Waals surface area contributed by atoms with E-state index in [-0.39, 0.29) is 0 Å². The highest BCUT2D eigenvalue weighted by atomic mass is 79.9. The molecule has 0 saturated heterocycles. The van der Waals surface area contributed by atoms with Crippen LogP contribution in [-0.4, -0.2) is 4.98 Å². The van der Waals surface area contributed by atoms with E-state index in [4.69, 9.17) is 5.73 Å². The van der Waals surface area contributed by atoms with Gasteiger partial charge in [-0.25, -0.2) is 4.98 Å². The van der Waals surface area contributed by atoms with Gasteiger partial charge in [0.05, 0.1) is 5.69 Å². The fourth-order valence-electron chi connectivity index (χ4n) is 1.11. The van der Waals surface area contributed by atoms with Gasteiger partial charge in [-0.3, -0.25) is 0 Å². The van der Waals surface area contributed by atoms with Gasteiger partial charge < -0.3 is 5.73 Å². The van der Waals surface area contributed by atoms with Gasteiger partial charge in [0, 0.05) is 19.6 Å². The summed E-state index contributed by atoms with van der Waals surface area (Å²) in [6.45, 7) is 2.09. The molecule has 0 amide bonds. The molecule has 0 unspecified atom stereocenters. The molecule has 0 spiro atoms. The molecule has 0 fully saturated rings. The minimum absolute atomic E-state index is 0.609. The Balaban J connectivity index is 2.18. The molecule has 0 atom stereocenters. The lowest BCUT2D eigenvalue weighted by molar-refractivity contribution is 1.39. The van der Waals surface area contributed by atoms with Gasteiger partial charge in [0.15, 0.2) is 5.13 Å². The fourth-order valence-corrected chi connectivity index (χ4v) is 3.10. The molecule has 0 bridgehead atoms. The number of thiazole rings is 1. The van der Waals surface area contributed by atoms with E-state index in [1.165, 1.54) is 21.1 Å². The summed E-state index contributed by atoms with van der Waals surface area (Å²) in [5.74, 6) is 0. The van der Waals surface area contributed by atoms with Crippen LogP contribution in [0.5, 0.6) is 0 Å². The van der Waals surface area contributed by atoms with E-state index in [1.54, 1.807) is 11.3 Å². The highest BCUT2D eigenvalue weighted by molar-refractivity contribution is 9.10. The van der Waals surface area contributed by atoms with Crippen LogP contribution in [0.4, 0.5) is 5.13 Å². The number of rotatable bonds is 2. The molecule has 0 aliphatic carbocycles. The zero-order valence-corrected chi connectivity index (χ0v) is 11.2. The fraction of sp³-hybridized carbons (Fsp3) is 0.100. The van der Waals surface area contributed by atoms with Gasteiger partial charge in [0.1, 0.15) is 0 Å². The van der Waals surface area contributed by atoms with Crippen LogP contribution in [0, 0.1) is 6.92 Å². The molecule has 0 radical (unpaired) electrons. The van der Waals surface area contributed by atoms with Gasteiger partial charge in [0.2, 0.25) is 0 Å². The van der Waals surface area contributed by atoms with Crippen LogP contribution >= 0.6 is 38.6 Å². The van der Waals surface area contributed by atoms with Gasteiger partial charge in [-0.2, -0.15) is 0 Å². The van der Waals surface area contributed by atoms with E-state index in [2.05, 4.69) is 40.0 Å². The third-order valence-corrected chi connectivity index (χ3v) is 4.63. The lowest BCUT2D eigenvalue weighted by Crippen LogP contribution is -1.80. The van der Waals surface area contributed by atoms with Crippen LogP contribution in [0.2, 0.25) is 0 Å². The topological polar surface area (TPSA) is 38.9 Å². The Morgan fingerprint density at radius 1 is 1.47 bits per heavy atom. The van der Waals surface area contributed by atoms with E-state index in [0.717, 1.165) is 10.2 Å². The number of nitrogens with two attached hydrogens (primary N) is 1. The van der Waals surface area contributed by atoms with E-state index >= 15 is 0 Å². The maximum atomic E-state index is 5.54. The van der Waals surface area contributed by atoms with Crippen molar-refractivity contribution in [3.05, 3.63) is 31.4 Å². The standard InChI is InChI=1S/C10H9BrN2S2/c1-6-9(11)4-8(15-6)3-2-7-5-14-10(12)13-7/h2-5H,1H3,(H2,12,13)/b3-2+. The Labute approximate surface area is 105 Å². The molecule has 2 rings (SSSR count). The number of aromatic nitrogens is 1. The lowest BCUT2D eigenvalue weighted by atomic mass is 10.3. The summed E-state index contributed by atoms with van der Waals surface area (Å²) in [6, 6.07) is 2.10. The molecule has 0 aromatic carbocycles. The smallest absolute Gasteiger partial charge is 0.180 e. The number of aryl methyl sites for hydroxylation is 1. The van der Waals surface area contributed by atoms with Gasteiger partial charge >= 0.3 is 0 Å². The predicted molar refractivity (Wildman–Crippen MR) is 72.2 cm³/mol. The number of hydrogen-bond acceptors (Lipinski definition) is 4. The second kappa shape index (κ2) is 4.47. The highest BCUT2D eigenvalue weighted by Crippen LogP contribution is 2.27. The normalized spacial score (nSPS) is 11.3. The Kier molecular flexibility index (Phi) is 3.23. The molecule has 78 valence electrons. The van der Waals surface area contributed by atoms with Crippen molar-refractivity contribution >= 4 is 55.9 Å². The molecule has 0 aliphatic rings. The SMILES string of the molecule is Cc1sc(/C=C/c2csc(N)n2)cc1Br. The van der Waals surface area contributed by atoms with Crippen LogP contribution in [0.3, 0.4) is 0 Å². The maximum absolute atomic E-state index is 5.54. The zero-order valence-electron chi connectivity index (χ0n) is 8.03. The molecule has 2 heterocycles. The van der Waals surface area contributed by atoms with Gasteiger partial charge in [-0.15, -0.1) is 22.7 Å². The minimum Gasteiger partial charge on any atom is -0.375 e. The Bertz CT molecular complexity index is 480. The third-order valence-electron chi connectivity index (χ3n) is 1.83. The average molecular weight is 301 g/mol. The van der Waals surface area contributed by atoms with Crippen molar-refractivity contribution in [2.45, 2.75) is 6.92 Å². The van der Waals surface area contributed by atoms with Crippen molar-refractivity contribution in [1.29, 1.82) is 0 Å². The molecule has 0 saturated carbocycles. The number of thiophene rings is 1. The first-order valence-electron chi connectivity index (χ1n) is 4.30. The van der Waals surface area contributed by atoms with E-state index in [0.29, 0.717) is 5.13 Å². The molecule has 2 aromatic heterocycles. The summed E-state index contributed by atoms with van der Waals surface area (Å²) in [6.07, 6.45) is 4.03. The van der Waals surface area contributed by atoms with Crippen LogP contribution in [0.25, 0.3) is 12.2 Å². The second-order valence-electron chi connectivity index (χ2n) is 3.00. The Morgan fingerprint density at radius 3 is 2.80 bits per heavy atom. The van der Waals surface area contributed by atoms with E-state index in [1.807, 2.05) is 11.5 Å². The first-order valence-corrected chi connectivity index (χ1v) is 6.79. The number of hydrogen-bond donors (Lipinski definition) is 1. The van der Waals surface area contributed by atoms with Crippen LogP contribution in [-0.2, 0) is 0 Å². The molecule has 15 heavy (non-hydrogen) atoms. The third kappa shape index (κ3) is 2.68. The van der Waals surface area contributed by atoms with Gasteiger partial charge in [-0.05, 0) is 41.1 Å². The minimum atomic E-state index is 0.609. The average Bonchev–Trinajstić information content (AvgIpc) is 2.72. The molecule has 2 nitrogen and oxygen atoms in total. The van der Waals surface area contributed by atoms with Crippen molar-refractivity contribution < 1.29 is 0 Å². The Hall–Kier alpha value is -0.650. The largest absolute Gasteiger partial charge is 0.375 e. The van der Waals surface area contributed by atoms with Crippen molar-refractivity contribution in [2.75, 3.05) is 5.73 Å². The van der Waals surface area contributed by atoms with Crippen molar-refractivity contribution in [3.63, 3.8) is 0 Å². The van der Waals surface area contributed by atoms with E-state index in [9.17, 15) is 0 Å². The first-order chi connectivity index (χ1) is 7.15. The van der Waals surface area contributed by atoms with Crippen LogP contribution in [0.15, 0.2) is 15.9 Å². The van der Waals surface area contributed by atoms with Gasteiger partial charge in [-0.1, -0.05) is 0 Å². The molecular formula is C10H9BrN2S2. The Morgan fingerprint density at radius 2 is 2.27 bits per heavy atom. The first kappa shape index (κ1) is 10.9. The number of nitrogens with zero attached hydrogens (tertiary/aromatic N) is 1. The quantitative estimate of drug-likeness (QED) is 0.909. The van der Waals surface area contributed by atoms with Crippen molar-refractivity contribution in [1.82, 2.24) is 4.98 Å². The number of anilines is 1. The summed E-state index contributed by atoms with van der Waals surface area (Å²) < 4.78 is 1.16. The summed E-state index contributed by atoms with van der Waals surface area (Å²) in [4.78, 5) is 6.66. The second-order valence-corrected chi connectivity index (χ2v) is 6.03. The molecule has 2 aromatic rings. The molecular weight excluding hydrogens is 292 g/mol. The van der Waals surface area contributed by atoms with Crippen LogP contribution in [0.1, 0.15) is 15.4 Å². The number of nitrogen functional groups attached to an aromatic ring is 1. The lowest BCUT2D eigenvalue weighted by Gasteiger charge is -1.83. The summed E-state index contributed by atoms with van der Waals surface area (Å²) in [5, 5.41) is 2.56. The van der Waals surface area contributed by atoms with Crippen LogP contribution < -0.4 is 5.73 Å². The van der Waals surface area contributed by atoms with Crippen molar-refractivity contribution in [2.24, 2.45) is 0 Å².